The highest BCUT2D eigenvalue weighted by atomic mass is 35.5. The summed E-state index contributed by atoms with van der Waals surface area (Å²) in [7, 11) is -3.39. The molecule has 0 bridgehead atoms. The van der Waals surface area contributed by atoms with E-state index in [1.54, 1.807) is 16.4 Å². The van der Waals surface area contributed by atoms with Gasteiger partial charge in [-0.05, 0) is 23.3 Å². The second-order valence-electron chi connectivity index (χ2n) is 5.49. The van der Waals surface area contributed by atoms with Crippen molar-refractivity contribution in [2.75, 3.05) is 19.0 Å². The molecule has 1 heterocycles. The molecule has 0 unspecified atom stereocenters. The average molecular weight is 352 g/mol. The summed E-state index contributed by atoms with van der Waals surface area (Å²) in [5, 5.41) is 0.635. The number of nitrogens with zero attached hydrogens (tertiary/aromatic N) is 1. The maximum atomic E-state index is 12.7. The standard InChI is InChI=1S/C17H18ClNO3S/c18-16-8-6-14(7-9-16)12-19-17(15-4-2-1-3-5-15)13-22-10-11-23(19,20)21/h1-9,17H,10-13H2/t17-/m1/s1. The van der Waals surface area contributed by atoms with E-state index in [4.69, 9.17) is 16.3 Å². The molecule has 0 N–H and O–H groups in total. The minimum Gasteiger partial charge on any atom is -0.378 e. The van der Waals surface area contributed by atoms with Crippen molar-refractivity contribution in [1.82, 2.24) is 4.31 Å². The monoisotopic (exact) mass is 351 g/mol. The lowest BCUT2D eigenvalue weighted by atomic mass is 10.1. The fraction of sp³-hybridized carbons (Fsp3) is 0.294. The Balaban J connectivity index is 1.96. The van der Waals surface area contributed by atoms with Crippen molar-refractivity contribution in [1.29, 1.82) is 0 Å². The molecule has 0 amide bonds. The third-order valence-electron chi connectivity index (χ3n) is 3.90. The van der Waals surface area contributed by atoms with Crippen molar-refractivity contribution in [3.63, 3.8) is 0 Å². The van der Waals surface area contributed by atoms with Crippen molar-refractivity contribution >= 4 is 21.6 Å². The third kappa shape index (κ3) is 3.93. The van der Waals surface area contributed by atoms with Gasteiger partial charge in [-0.15, -0.1) is 0 Å². The number of benzene rings is 2. The summed E-state index contributed by atoms with van der Waals surface area (Å²) in [5.41, 5.74) is 1.84. The summed E-state index contributed by atoms with van der Waals surface area (Å²) in [6.07, 6.45) is 0. The second kappa shape index (κ2) is 7.01. The first-order valence-electron chi connectivity index (χ1n) is 7.43. The zero-order valence-corrected chi connectivity index (χ0v) is 14.1. The Bertz CT molecular complexity index is 747. The highest BCUT2D eigenvalue weighted by Crippen LogP contribution is 2.29. The van der Waals surface area contributed by atoms with Crippen LogP contribution in [0, 0.1) is 0 Å². The molecule has 0 saturated carbocycles. The normalized spacial score (nSPS) is 21.7. The first kappa shape index (κ1) is 16.5. The van der Waals surface area contributed by atoms with Gasteiger partial charge in [-0.1, -0.05) is 54.1 Å². The molecule has 3 rings (SSSR count). The fourth-order valence-electron chi connectivity index (χ4n) is 2.67. The fourth-order valence-corrected chi connectivity index (χ4v) is 4.27. The number of rotatable bonds is 3. The van der Waals surface area contributed by atoms with E-state index in [-0.39, 0.29) is 18.4 Å². The summed E-state index contributed by atoms with van der Waals surface area (Å²) in [5.74, 6) is 0.00389. The van der Waals surface area contributed by atoms with E-state index in [0.29, 0.717) is 18.2 Å². The van der Waals surface area contributed by atoms with E-state index < -0.39 is 10.0 Å². The first-order chi connectivity index (χ1) is 11.1. The van der Waals surface area contributed by atoms with Crippen LogP contribution in [0.15, 0.2) is 54.6 Å². The van der Waals surface area contributed by atoms with Gasteiger partial charge in [0.25, 0.3) is 0 Å². The second-order valence-corrected chi connectivity index (χ2v) is 7.97. The van der Waals surface area contributed by atoms with Gasteiger partial charge >= 0.3 is 0 Å². The Morgan fingerprint density at radius 1 is 1.09 bits per heavy atom. The summed E-state index contributed by atoms with van der Waals surface area (Å²) >= 11 is 5.91. The van der Waals surface area contributed by atoms with Crippen molar-refractivity contribution in [2.45, 2.75) is 12.6 Å². The van der Waals surface area contributed by atoms with Crippen LogP contribution in [0.2, 0.25) is 5.02 Å². The Labute approximate surface area is 141 Å². The van der Waals surface area contributed by atoms with Crippen LogP contribution >= 0.6 is 11.6 Å². The van der Waals surface area contributed by atoms with Crippen LogP contribution in [0.25, 0.3) is 0 Å². The SMILES string of the molecule is O=S1(=O)CCOC[C@H](c2ccccc2)N1Cc1ccc(Cl)cc1. The smallest absolute Gasteiger partial charge is 0.217 e. The van der Waals surface area contributed by atoms with Gasteiger partial charge in [0.1, 0.15) is 0 Å². The lowest BCUT2D eigenvalue weighted by Gasteiger charge is -2.28. The minimum atomic E-state index is -3.39. The Morgan fingerprint density at radius 2 is 1.78 bits per heavy atom. The van der Waals surface area contributed by atoms with Gasteiger partial charge in [-0.3, -0.25) is 0 Å². The zero-order valence-electron chi connectivity index (χ0n) is 12.6. The molecule has 23 heavy (non-hydrogen) atoms. The van der Waals surface area contributed by atoms with Gasteiger partial charge in [0.2, 0.25) is 10.0 Å². The number of ether oxygens (including phenoxy) is 1. The number of halogens is 1. The summed E-state index contributed by atoms with van der Waals surface area (Å²) in [6, 6.07) is 16.5. The minimum absolute atomic E-state index is 0.00389. The Kier molecular flexibility index (Phi) is 5.02. The van der Waals surface area contributed by atoms with Crippen LogP contribution in [0.3, 0.4) is 0 Å². The van der Waals surface area contributed by atoms with Gasteiger partial charge in [0.15, 0.2) is 0 Å². The highest BCUT2D eigenvalue weighted by Gasteiger charge is 2.33. The van der Waals surface area contributed by atoms with E-state index in [2.05, 4.69) is 0 Å². The van der Waals surface area contributed by atoms with Crippen molar-refractivity contribution in [3.8, 4) is 0 Å². The molecule has 2 aromatic rings. The third-order valence-corrected chi connectivity index (χ3v) is 5.94. The van der Waals surface area contributed by atoms with Crippen molar-refractivity contribution in [2.24, 2.45) is 0 Å². The molecule has 0 aliphatic carbocycles. The predicted octanol–water partition coefficient (Wildman–Crippen LogP) is 3.24. The molecule has 0 aromatic heterocycles. The van der Waals surface area contributed by atoms with Gasteiger partial charge in [0.05, 0.1) is 25.0 Å². The molecule has 1 aliphatic heterocycles. The lowest BCUT2D eigenvalue weighted by Crippen LogP contribution is -2.36. The maximum Gasteiger partial charge on any atom is 0.217 e. The zero-order chi connectivity index (χ0) is 16.3. The summed E-state index contributed by atoms with van der Waals surface area (Å²) in [4.78, 5) is 0. The first-order valence-corrected chi connectivity index (χ1v) is 9.41. The molecule has 0 radical (unpaired) electrons. The van der Waals surface area contributed by atoms with Crippen molar-refractivity contribution < 1.29 is 13.2 Å². The van der Waals surface area contributed by atoms with Crippen LogP contribution in [-0.2, 0) is 21.3 Å². The quantitative estimate of drug-likeness (QED) is 0.852. The van der Waals surface area contributed by atoms with Gasteiger partial charge in [-0.2, -0.15) is 4.31 Å². The Morgan fingerprint density at radius 3 is 2.48 bits per heavy atom. The molecule has 122 valence electrons. The average Bonchev–Trinajstić information content (AvgIpc) is 2.69. The van der Waals surface area contributed by atoms with E-state index in [1.165, 1.54) is 0 Å². The maximum absolute atomic E-state index is 12.7. The van der Waals surface area contributed by atoms with Crippen LogP contribution in [0.5, 0.6) is 0 Å². The molecule has 4 nitrogen and oxygen atoms in total. The molecule has 6 heteroatoms. The number of hydrogen-bond donors (Lipinski definition) is 0. The lowest BCUT2D eigenvalue weighted by molar-refractivity contribution is 0.110. The molecular weight excluding hydrogens is 334 g/mol. The number of hydrogen-bond acceptors (Lipinski definition) is 3. The van der Waals surface area contributed by atoms with E-state index >= 15 is 0 Å². The molecular formula is C17H18ClNO3S. The molecule has 0 spiro atoms. The topological polar surface area (TPSA) is 46.6 Å². The van der Waals surface area contributed by atoms with Gasteiger partial charge in [0, 0.05) is 11.6 Å². The van der Waals surface area contributed by atoms with Crippen LogP contribution in [0.1, 0.15) is 17.2 Å². The van der Waals surface area contributed by atoms with Gasteiger partial charge < -0.3 is 4.74 Å². The van der Waals surface area contributed by atoms with Crippen molar-refractivity contribution in [3.05, 3.63) is 70.7 Å². The summed E-state index contributed by atoms with van der Waals surface area (Å²) < 4.78 is 32.4. The molecule has 1 aliphatic rings. The van der Waals surface area contributed by atoms with Crippen LogP contribution in [0.4, 0.5) is 0 Å². The molecule has 1 saturated heterocycles. The van der Waals surface area contributed by atoms with Crippen LogP contribution < -0.4 is 0 Å². The highest BCUT2D eigenvalue weighted by molar-refractivity contribution is 7.89. The Hall–Kier alpha value is -1.40. The van der Waals surface area contributed by atoms with E-state index in [9.17, 15) is 8.42 Å². The predicted molar refractivity (Wildman–Crippen MR) is 90.8 cm³/mol. The van der Waals surface area contributed by atoms with E-state index in [0.717, 1.165) is 11.1 Å². The van der Waals surface area contributed by atoms with E-state index in [1.807, 2.05) is 42.5 Å². The van der Waals surface area contributed by atoms with Crippen LogP contribution in [-0.4, -0.2) is 31.7 Å². The molecule has 1 fully saturated rings. The molecule has 1 atom stereocenters. The van der Waals surface area contributed by atoms with Gasteiger partial charge in [-0.25, -0.2) is 8.42 Å². The molecule has 2 aromatic carbocycles. The summed E-state index contributed by atoms with van der Waals surface area (Å²) in [6.45, 7) is 0.891. The largest absolute Gasteiger partial charge is 0.378 e. The number of sulfonamides is 1.